The maximum absolute atomic E-state index is 13.1. The third kappa shape index (κ3) is 4.10. The Morgan fingerprint density at radius 1 is 0.939 bits per heavy atom. The van der Waals surface area contributed by atoms with Gasteiger partial charge in [0.25, 0.3) is 17.7 Å². The van der Waals surface area contributed by atoms with Gasteiger partial charge in [-0.05, 0) is 62.7 Å². The average Bonchev–Trinajstić information content (AvgIpc) is 3.04. The van der Waals surface area contributed by atoms with Crippen molar-refractivity contribution >= 4 is 35.2 Å². The highest BCUT2D eigenvalue weighted by Gasteiger charge is 2.37. The number of fused-ring (bicyclic) bond motifs is 1. The van der Waals surface area contributed by atoms with E-state index in [1.165, 1.54) is 36.5 Å². The van der Waals surface area contributed by atoms with Crippen molar-refractivity contribution in [3.05, 3.63) is 88.1 Å². The molecule has 166 valence electrons. The molecule has 8 nitrogen and oxygen atoms in total. The number of hydrogen-bond acceptors (Lipinski definition) is 6. The van der Waals surface area contributed by atoms with E-state index in [0.717, 1.165) is 16.0 Å². The third-order valence-electron chi connectivity index (χ3n) is 5.25. The Kier molecular flexibility index (Phi) is 5.74. The molecule has 3 amide bonds. The Morgan fingerprint density at radius 2 is 1.70 bits per heavy atom. The minimum atomic E-state index is -0.531. The minimum Gasteiger partial charge on any atom is -0.462 e. The predicted octanol–water partition coefficient (Wildman–Crippen LogP) is 3.93. The second-order valence-corrected chi connectivity index (χ2v) is 7.60. The molecule has 1 aromatic heterocycles. The Bertz CT molecular complexity index is 1320. The number of nitrogens with one attached hydrogen (secondary N) is 1. The van der Waals surface area contributed by atoms with Crippen LogP contribution in [-0.2, 0) is 4.74 Å². The number of rotatable bonds is 5. The summed E-state index contributed by atoms with van der Waals surface area (Å²) in [4.78, 5) is 55.8. The van der Waals surface area contributed by atoms with E-state index >= 15 is 0 Å². The van der Waals surface area contributed by atoms with Crippen molar-refractivity contribution < 1.29 is 23.9 Å². The molecule has 0 spiro atoms. The molecule has 0 saturated carbocycles. The molecule has 0 unspecified atom stereocenters. The van der Waals surface area contributed by atoms with E-state index in [9.17, 15) is 19.2 Å². The number of ether oxygens (including phenoxy) is 1. The number of hydrogen-bond donors (Lipinski definition) is 1. The summed E-state index contributed by atoms with van der Waals surface area (Å²) >= 11 is 0. The Labute approximate surface area is 190 Å². The summed E-state index contributed by atoms with van der Waals surface area (Å²) in [5, 5.41) is 2.60. The Morgan fingerprint density at radius 3 is 2.42 bits per heavy atom. The summed E-state index contributed by atoms with van der Waals surface area (Å²) < 4.78 is 4.95. The van der Waals surface area contributed by atoms with Crippen LogP contribution in [0.3, 0.4) is 0 Å². The molecule has 0 bridgehead atoms. The average molecular weight is 443 g/mol. The zero-order chi connectivity index (χ0) is 23.7. The molecule has 2 heterocycles. The molecule has 0 saturated heterocycles. The van der Waals surface area contributed by atoms with Gasteiger partial charge in [0.05, 0.1) is 29.0 Å². The van der Waals surface area contributed by atoms with Gasteiger partial charge in [0.15, 0.2) is 0 Å². The predicted molar refractivity (Wildman–Crippen MR) is 122 cm³/mol. The van der Waals surface area contributed by atoms with E-state index in [-0.39, 0.29) is 34.7 Å². The number of imide groups is 1. The first-order valence-electron chi connectivity index (χ1n) is 10.3. The number of nitrogens with zero attached hydrogens (tertiary/aromatic N) is 2. The highest BCUT2D eigenvalue weighted by atomic mass is 16.5. The fourth-order valence-corrected chi connectivity index (χ4v) is 3.69. The van der Waals surface area contributed by atoms with Crippen LogP contribution in [0.15, 0.2) is 54.7 Å². The van der Waals surface area contributed by atoms with Gasteiger partial charge in [-0.2, -0.15) is 0 Å². The van der Waals surface area contributed by atoms with Crippen LogP contribution in [0.2, 0.25) is 0 Å². The van der Waals surface area contributed by atoms with Crippen LogP contribution in [0, 0.1) is 13.8 Å². The molecular formula is C25H21N3O5. The lowest BCUT2D eigenvalue weighted by atomic mass is 10.1. The van der Waals surface area contributed by atoms with E-state index in [1.807, 2.05) is 26.0 Å². The molecule has 1 aliphatic heterocycles. The summed E-state index contributed by atoms with van der Waals surface area (Å²) in [6.45, 7) is 5.69. The minimum absolute atomic E-state index is 0.154. The van der Waals surface area contributed by atoms with Crippen molar-refractivity contribution in [1.29, 1.82) is 0 Å². The first kappa shape index (κ1) is 21.9. The highest BCUT2D eigenvalue weighted by Crippen LogP contribution is 2.31. The SMILES string of the molecule is CCOC(=O)c1ccnc(NC(=O)c2ccc3c(c2)C(=O)N(c2ccc(C)cc2C)C3=O)c1. The molecule has 33 heavy (non-hydrogen) atoms. The molecule has 4 rings (SSSR count). The summed E-state index contributed by atoms with van der Waals surface area (Å²) in [5.74, 6) is -1.82. The number of aryl methyl sites for hydroxylation is 2. The van der Waals surface area contributed by atoms with Gasteiger partial charge in [-0.15, -0.1) is 0 Å². The summed E-state index contributed by atoms with van der Waals surface area (Å²) in [6, 6.07) is 12.7. The maximum Gasteiger partial charge on any atom is 0.338 e. The lowest BCUT2D eigenvalue weighted by Gasteiger charge is -2.16. The molecule has 0 fully saturated rings. The van der Waals surface area contributed by atoms with E-state index in [2.05, 4.69) is 10.3 Å². The zero-order valence-corrected chi connectivity index (χ0v) is 18.3. The van der Waals surface area contributed by atoms with Crippen LogP contribution in [0.1, 0.15) is 59.5 Å². The number of carbonyl (C=O) groups excluding carboxylic acids is 4. The summed E-state index contributed by atoms with van der Waals surface area (Å²) in [5.41, 5.74) is 3.15. The standard InChI is InChI=1S/C25H21N3O5/c1-4-33-25(32)17-9-10-26-21(13-17)27-22(29)16-6-7-18-19(12-16)24(31)28(23(18)30)20-8-5-14(2)11-15(20)3/h5-13H,4H2,1-3H3,(H,26,27,29). The fourth-order valence-electron chi connectivity index (χ4n) is 3.69. The monoisotopic (exact) mass is 443 g/mol. The molecule has 8 heteroatoms. The van der Waals surface area contributed by atoms with Crippen LogP contribution >= 0.6 is 0 Å². The van der Waals surface area contributed by atoms with Gasteiger partial charge in [0, 0.05) is 11.8 Å². The van der Waals surface area contributed by atoms with E-state index in [0.29, 0.717) is 5.69 Å². The maximum atomic E-state index is 13.1. The summed E-state index contributed by atoms with van der Waals surface area (Å²) in [6.07, 6.45) is 1.38. The van der Waals surface area contributed by atoms with Crippen LogP contribution in [-0.4, -0.2) is 35.3 Å². The number of esters is 1. The van der Waals surface area contributed by atoms with E-state index < -0.39 is 23.7 Å². The van der Waals surface area contributed by atoms with Crippen molar-refractivity contribution in [2.24, 2.45) is 0 Å². The Hall–Kier alpha value is -4.33. The first-order valence-corrected chi connectivity index (χ1v) is 10.3. The zero-order valence-electron chi connectivity index (χ0n) is 18.3. The van der Waals surface area contributed by atoms with Crippen LogP contribution in [0.5, 0.6) is 0 Å². The Balaban J connectivity index is 1.59. The second kappa shape index (κ2) is 8.66. The van der Waals surface area contributed by atoms with E-state index in [4.69, 9.17) is 4.74 Å². The molecule has 1 aliphatic rings. The van der Waals surface area contributed by atoms with Crippen LogP contribution in [0.25, 0.3) is 0 Å². The lowest BCUT2D eigenvalue weighted by molar-refractivity contribution is 0.0525. The number of anilines is 2. The molecule has 3 aromatic rings. The summed E-state index contributed by atoms with van der Waals surface area (Å²) in [7, 11) is 0. The van der Waals surface area contributed by atoms with Crippen LogP contribution < -0.4 is 10.2 Å². The van der Waals surface area contributed by atoms with Gasteiger partial charge in [0.2, 0.25) is 0 Å². The van der Waals surface area contributed by atoms with Gasteiger partial charge in [-0.1, -0.05) is 17.7 Å². The van der Waals surface area contributed by atoms with Crippen molar-refractivity contribution in [2.75, 3.05) is 16.8 Å². The quantitative estimate of drug-likeness (QED) is 0.473. The first-order chi connectivity index (χ1) is 15.8. The van der Waals surface area contributed by atoms with Gasteiger partial charge < -0.3 is 10.1 Å². The third-order valence-corrected chi connectivity index (χ3v) is 5.25. The number of carbonyl (C=O) groups is 4. The van der Waals surface area contributed by atoms with Gasteiger partial charge >= 0.3 is 5.97 Å². The lowest BCUT2D eigenvalue weighted by Crippen LogP contribution is -2.30. The van der Waals surface area contributed by atoms with Gasteiger partial charge in [-0.25, -0.2) is 14.7 Å². The second-order valence-electron chi connectivity index (χ2n) is 7.60. The largest absolute Gasteiger partial charge is 0.462 e. The molecule has 2 aromatic carbocycles. The molecule has 0 radical (unpaired) electrons. The number of pyridine rings is 1. The van der Waals surface area contributed by atoms with Crippen molar-refractivity contribution in [1.82, 2.24) is 4.98 Å². The molecule has 0 aliphatic carbocycles. The van der Waals surface area contributed by atoms with Crippen molar-refractivity contribution in [2.45, 2.75) is 20.8 Å². The van der Waals surface area contributed by atoms with Gasteiger partial charge in [0.1, 0.15) is 5.82 Å². The number of aromatic nitrogens is 1. The normalized spacial score (nSPS) is 12.5. The number of amides is 3. The number of benzene rings is 2. The van der Waals surface area contributed by atoms with Crippen LogP contribution in [0.4, 0.5) is 11.5 Å². The molecule has 0 atom stereocenters. The van der Waals surface area contributed by atoms with Crippen molar-refractivity contribution in [3.8, 4) is 0 Å². The van der Waals surface area contributed by atoms with Gasteiger partial charge in [-0.3, -0.25) is 14.4 Å². The topological polar surface area (TPSA) is 106 Å². The van der Waals surface area contributed by atoms with Crippen molar-refractivity contribution in [3.63, 3.8) is 0 Å². The fraction of sp³-hybridized carbons (Fsp3) is 0.160. The molecule has 1 N–H and O–H groups in total. The van der Waals surface area contributed by atoms with E-state index in [1.54, 1.807) is 13.0 Å². The smallest absolute Gasteiger partial charge is 0.338 e. The molecular weight excluding hydrogens is 422 g/mol. The highest BCUT2D eigenvalue weighted by molar-refractivity contribution is 6.35.